The van der Waals surface area contributed by atoms with E-state index < -0.39 is 0 Å². The number of hydrogen-bond acceptors (Lipinski definition) is 1. The molecule has 1 atom stereocenters. The summed E-state index contributed by atoms with van der Waals surface area (Å²) in [6.45, 7) is 4.25. The Morgan fingerprint density at radius 2 is 1.85 bits per heavy atom. The summed E-state index contributed by atoms with van der Waals surface area (Å²) >= 11 is 0. The molecule has 0 aliphatic carbocycles. The summed E-state index contributed by atoms with van der Waals surface area (Å²) in [4.78, 5) is 0. The monoisotopic (exact) mass is 271 g/mol. The first-order chi connectivity index (χ1) is 9.69. The Bertz CT molecular complexity index is 533. The largest absolute Gasteiger partial charge is 0.379 e. The minimum Gasteiger partial charge on any atom is -0.379 e. The summed E-state index contributed by atoms with van der Waals surface area (Å²) in [7, 11) is 0. The molecule has 2 aromatic carbocycles. The fourth-order valence-electron chi connectivity index (χ4n) is 2.26. The van der Waals surface area contributed by atoms with Crippen LogP contribution >= 0.6 is 0 Å². The van der Waals surface area contributed by atoms with Gasteiger partial charge >= 0.3 is 0 Å². The van der Waals surface area contributed by atoms with Gasteiger partial charge in [0.1, 0.15) is 5.82 Å². The van der Waals surface area contributed by atoms with E-state index in [1.807, 2.05) is 13.0 Å². The van der Waals surface area contributed by atoms with E-state index in [1.165, 1.54) is 24.5 Å². The summed E-state index contributed by atoms with van der Waals surface area (Å²) in [5.74, 6) is -0.189. The molecule has 1 N–H and O–H groups in total. The van der Waals surface area contributed by atoms with E-state index in [2.05, 4.69) is 36.5 Å². The topological polar surface area (TPSA) is 12.0 Å². The number of unbranched alkanes of at least 4 members (excludes halogenated alkanes) is 1. The van der Waals surface area contributed by atoms with Gasteiger partial charge in [-0.05, 0) is 55.2 Å². The van der Waals surface area contributed by atoms with Crippen LogP contribution in [-0.2, 0) is 6.42 Å². The highest BCUT2D eigenvalue weighted by Crippen LogP contribution is 2.20. The molecule has 0 saturated heterocycles. The maximum atomic E-state index is 13.2. The van der Waals surface area contributed by atoms with Crippen LogP contribution in [0.2, 0.25) is 0 Å². The number of hydrogen-bond donors (Lipinski definition) is 1. The van der Waals surface area contributed by atoms with Crippen LogP contribution in [0.25, 0.3) is 0 Å². The first-order valence-corrected chi connectivity index (χ1v) is 7.30. The number of anilines is 1. The third kappa shape index (κ3) is 4.09. The van der Waals surface area contributed by atoms with Gasteiger partial charge in [0.2, 0.25) is 0 Å². The normalized spacial score (nSPS) is 12.2. The van der Waals surface area contributed by atoms with Crippen LogP contribution in [0.1, 0.15) is 43.9 Å². The highest BCUT2D eigenvalue weighted by Gasteiger charge is 2.06. The summed E-state index contributed by atoms with van der Waals surface area (Å²) < 4.78 is 13.2. The third-order valence-electron chi connectivity index (χ3n) is 3.50. The quantitative estimate of drug-likeness (QED) is 0.747. The first kappa shape index (κ1) is 14.6. The molecule has 0 saturated carbocycles. The molecule has 2 aromatic rings. The Labute approximate surface area is 120 Å². The minimum atomic E-state index is -0.189. The number of aryl methyl sites for hydroxylation is 1. The van der Waals surface area contributed by atoms with Gasteiger partial charge in [0, 0.05) is 11.7 Å². The van der Waals surface area contributed by atoms with Crippen molar-refractivity contribution in [3.05, 3.63) is 65.5 Å². The van der Waals surface area contributed by atoms with Crippen molar-refractivity contribution in [2.75, 3.05) is 5.32 Å². The third-order valence-corrected chi connectivity index (χ3v) is 3.50. The number of halogens is 1. The van der Waals surface area contributed by atoms with Gasteiger partial charge in [-0.25, -0.2) is 4.39 Å². The van der Waals surface area contributed by atoms with Crippen molar-refractivity contribution < 1.29 is 4.39 Å². The molecular weight excluding hydrogens is 249 g/mol. The van der Waals surface area contributed by atoms with Gasteiger partial charge in [0.15, 0.2) is 0 Å². The van der Waals surface area contributed by atoms with Crippen molar-refractivity contribution in [2.45, 2.75) is 39.2 Å². The van der Waals surface area contributed by atoms with Gasteiger partial charge in [0.05, 0.1) is 0 Å². The van der Waals surface area contributed by atoms with Crippen molar-refractivity contribution in [2.24, 2.45) is 0 Å². The fourth-order valence-corrected chi connectivity index (χ4v) is 2.26. The summed E-state index contributed by atoms with van der Waals surface area (Å²) in [5.41, 5.74) is 3.40. The van der Waals surface area contributed by atoms with E-state index in [1.54, 1.807) is 12.1 Å². The lowest BCUT2D eigenvalue weighted by molar-refractivity contribution is 0.623. The van der Waals surface area contributed by atoms with Gasteiger partial charge in [-0.1, -0.05) is 37.6 Å². The van der Waals surface area contributed by atoms with Crippen molar-refractivity contribution in [3.8, 4) is 0 Å². The van der Waals surface area contributed by atoms with Crippen LogP contribution in [0.4, 0.5) is 10.1 Å². The summed E-state index contributed by atoms with van der Waals surface area (Å²) in [6, 6.07) is 15.3. The number of nitrogens with one attached hydrogen (secondary N) is 1. The van der Waals surface area contributed by atoms with Crippen molar-refractivity contribution in [1.29, 1.82) is 0 Å². The van der Waals surface area contributed by atoms with Crippen molar-refractivity contribution >= 4 is 5.69 Å². The lowest BCUT2D eigenvalue weighted by Gasteiger charge is -2.16. The predicted octanol–water partition coefficient (Wildman–Crippen LogP) is 5.34. The zero-order valence-electron chi connectivity index (χ0n) is 12.2. The van der Waals surface area contributed by atoms with Crippen molar-refractivity contribution in [1.82, 2.24) is 0 Å². The molecule has 0 fully saturated rings. The second-order valence-electron chi connectivity index (χ2n) is 5.22. The van der Waals surface area contributed by atoms with E-state index in [9.17, 15) is 4.39 Å². The Hall–Kier alpha value is -1.83. The highest BCUT2D eigenvalue weighted by molar-refractivity contribution is 5.46. The van der Waals surface area contributed by atoms with Gasteiger partial charge < -0.3 is 5.32 Å². The molecule has 0 heterocycles. The molecule has 0 amide bonds. The molecule has 0 aliphatic rings. The van der Waals surface area contributed by atoms with Gasteiger partial charge in [0.25, 0.3) is 0 Å². The second-order valence-corrected chi connectivity index (χ2v) is 5.22. The molecule has 2 heteroatoms. The van der Waals surface area contributed by atoms with E-state index >= 15 is 0 Å². The Kier molecular flexibility index (Phi) is 5.16. The summed E-state index contributed by atoms with van der Waals surface area (Å²) in [5, 5.41) is 3.40. The average molecular weight is 271 g/mol. The minimum absolute atomic E-state index is 0.0900. The lowest BCUT2D eigenvalue weighted by atomic mass is 10.1. The van der Waals surface area contributed by atoms with Crippen LogP contribution in [0.15, 0.2) is 48.5 Å². The molecule has 2 rings (SSSR count). The molecule has 0 bridgehead atoms. The van der Waals surface area contributed by atoms with E-state index in [4.69, 9.17) is 0 Å². The number of benzene rings is 2. The first-order valence-electron chi connectivity index (χ1n) is 7.30. The molecule has 106 valence electrons. The van der Waals surface area contributed by atoms with E-state index in [0.29, 0.717) is 0 Å². The highest BCUT2D eigenvalue weighted by atomic mass is 19.1. The van der Waals surface area contributed by atoms with E-state index in [-0.39, 0.29) is 11.9 Å². The van der Waals surface area contributed by atoms with Gasteiger partial charge in [-0.3, -0.25) is 0 Å². The molecule has 20 heavy (non-hydrogen) atoms. The summed E-state index contributed by atoms with van der Waals surface area (Å²) in [6.07, 6.45) is 3.58. The standard InChI is InChI=1S/C18H22FN/c1-3-4-6-15-9-11-18(12-10-15)20-14(2)16-7-5-8-17(19)13-16/h5,7-14,20H,3-4,6H2,1-2H3. The molecule has 0 aromatic heterocycles. The zero-order chi connectivity index (χ0) is 14.4. The van der Waals surface area contributed by atoms with Crippen LogP contribution in [0.3, 0.4) is 0 Å². The predicted molar refractivity (Wildman–Crippen MR) is 83.5 cm³/mol. The van der Waals surface area contributed by atoms with Crippen LogP contribution < -0.4 is 5.32 Å². The van der Waals surface area contributed by atoms with Gasteiger partial charge in [-0.2, -0.15) is 0 Å². The molecule has 1 unspecified atom stereocenters. The molecule has 0 spiro atoms. The van der Waals surface area contributed by atoms with Crippen LogP contribution in [0, 0.1) is 5.82 Å². The molecule has 0 radical (unpaired) electrons. The zero-order valence-corrected chi connectivity index (χ0v) is 12.2. The molecular formula is C18H22FN. The molecule has 0 aliphatic heterocycles. The van der Waals surface area contributed by atoms with Crippen LogP contribution in [-0.4, -0.2) is 0 Å². The smallest absolute Gasteiger partial charge is 0.123 e. The maximum Gasteiger partial charge on any atom is 0.123 e. The fraction of sp³-hybridized carbons (Fsp3) is 0.333. The Morgan fingerprint density at radius 3 is 2.50 bits per heavy atom. The molecule has 1 nitrogen and oxygen atoms in total. The van der Waals surface area contributed by atoms with Gasteiger partial charge in [-0.15, -0.1) is 0 Å². The van der Waals surface area contributed by atoms with E-state index in [0.717, 1.165) is 17.7 Å². The number of rotatable bonds is 6. The maximum absolute atomic E-state index is 13.2. The van der Waals surface area contributed by atoms with Crippen LogP contribution in [0.5, 0.6) is 0 Å². The lowest BCUT2D eigenvalue weighted by Crippen LogP contribution is -2.06. The Balaban J connectivity index is 1.99. The SMILES string of the molecule is CCCCc1ccc(NC(C)c2cccc(F)c2)cc1. The second kappa shape index (κ2) is 7.09. The average Bonchev–Trinajstić information content (AvgIpc) is 2.46. The Morgan fingerprint density at radius 1 is 1.10 bits per heavy atom. The van der Waals surface area contributed by atoms with Crippen molar-refractivity contribution in [3.63, 3.8) is 0 Å².